The minimum absolute atomic E-state index is 1.22. The van der Waals surface area contributed by atoms with Gasteiger partial charge in [-0.3, -0.25) is 0 Å². The molecule has 0 radical (unpaired) electrons. The molecule has 0 aromatic carbocycles. The average molecular weight is 216 g/mol. The predicted octanol–water partition coefficient (Wildman–Crippen LogP) is 3.19. The summed E-state index contributed by atoms with van der Waals surface area (Å²) in [7, 11) is 0. The van der Waals surface area contributed by atoms with Gasteiger partial charge in [0, 0.05) is 9.41 Å². The summed E-state index contributed by atoms with van der Waals surface area (Å²) >= 11 is 1.77. The summed E-state index contributed by atoms with van der Waals surface area (Å²) in [4.78, 5) is 1.26. The van der Waals surface area contributed by atoms with Crippen LogP contribution in [0.5, 0.6) is 0 Å². The molecule has 0 nitrogen and oxygen atoms in total. The van der Waals surface area contributed by atoms with E-state index in [2.05, 4.69) is 38.3 Å². The van der Waals surface area contributed by atoms with Crippen molar-refractivity contribution in [1.82, 2.24) is 0 Å². The maximum absolute atomic E-state index is 3.87. The molecule has 0 fully saturated rings. The Hall–Kier alpha value is -1.34. The van der Waals surface area contributed by atoms with E-state index in [1.165, 1.54) is 20.2 Å². The van der Waals surface area contributed by atoms with Crippen molar-refractivity contribution >= 4 is 35.6 Å². The van der Waals surface area contributed by atoms with E-state index in [-0.39, 0.29) is 0 Å². The van der Waals surface area contributed by atoms with E-state index in [9.17, 15) is 0 Å². The van der Waals surface area contributed by atoms with E-state index in [4.69, 9.17) is 0 Å². The zero-order valence-electron chi connectivity index (χ0n) is 9.29. The normalized spacial score (nSPS) is 13.7. The van der Waals surface area contributed by atoms with Crippen molar-refractivity contribution in [3.05, 3.63) is 45.5 Å². The molecule has 1 rings (SSSR count). The Morgan fingerprint density at radius 1 is 1.20 bits per heavy atom. The molecule has 0 spiro atoms. The molecule has 0 saturated carbocycles. The zero-order valence-corrected chi connectivity index (χ0v) is 10.1. The quantitative estimate of drug-likeness (QED) is 0.728. The van der Waals surface area contributed by atoms with Gasteiger partial charge in [0.15, 0.2) is 0 Å². The first kappa shape index (κ1) is 11.7. The number of allylic oxidation sites excluding steroid dienone is 2. The Kier molecular flexibility index (Phi) is 4.32. The minimum Gasteiger partial charge on any atom is -0.135 e. The molecule has 0 unspecified atom stereocenters. The molecule has 0 N–H and O–H groups in total. The summed E-state index contributed by atoms with van der Waals surface area (Å²) in [6.45, 7) is 11.7. The number of hydrogen-bond acceptors (Lipinski definition) is 1. The first-order valence-corrected chi connectivity index (χ1v) is 5.77. The molecule has 0 atom stereocenters. The van der Waals surface area contributed by atoms with Crippen molar-refractivity contribution < 1.29 is 0 Å². The van der Waals surface area contributed by atoms with E-state index in [1.54, 1.807) is 11.3 Å². The van der Waals surface area contributed by atoms with Gasteiger partial charge in [-0.05, 0) is 36.8 Å². The third-order valence-electron chi connectivity index (χ3n) is 2.12. The summed E-state index contributed by atoms with van der Waals surface area (Å²) in [5.41, 5.74) is 1.22. The predicted molar refractivity (Wildman–Crippen MR) is 73.2 cm³/mol. The van der Waals surface area contributed by atoms with Gasteiger partial charge < -0.3 is 0 Å². The van der Waals surface area contributed by atoms with E-state index in [0.29, 0.717) is 0 Å². The zero-order chi connectivity index (χ0) is 11.3. The standard InChI is InChI=1S/C14H16S/c1-5-9-13-11(7-3)12(8-4)14(15-13)10-6-2/h5-10H,1,4H2,2-3H3/b10-6-,11-7-,13-9+. The fourth-order valence-electron chi connectivity index (χ4n) is 1.51. The van der Waals surface area contributed by atoms with Crippen LogP contribution in [0, 0.1) is 0 Å². The lowest BCUT2D eigenvalue weighted by Crippen LogP contribution is -2.19. The second-order valence-electron chi connectivity index (χ2n) is 3.05. The van der Waals surface area contributed by atoms with Crippen LogP contribution in [0.4, 0.5) is 0 Å². The number of thiophene rings is 1. The first-order chi connectivity index (χ1) is 7.28. The average Bonchev–Trinajstić information content (AvgIpc) is 2.56. The van der Waals surface area contributed by atoms with Gasteiger partial charge in [-0.2, -0.15) is 0 Å². The van der Waals surface area contributed by atoms with Gasteiger partial charge in [0.05, 0.1) is 0 Å². The van der Waals surface area contributed by atoms with Crippen molar-refractivity contribution in [3.63, 3.8) is 0 Å². The smallest absolute Gasteiger partial charge is 0.0351 e. The molecule has 1 heterocycles. The highest BCUT2D eigenvalue weighted by Crippen LogP contribution is 2.11. The lowest BCUT2D eigenvalue weighted by Gasteiger charge is -1.89. The van der Waals surface area contributed by atoms with Crippen LogP contribution >= 0.6 is 11.3 Å². The first-order valence-electron chi connectivity index (χ1n) is 4.95. The Morgan fingerprint density at radius 2 is 1.93 bits per heavy atom. The Balaban J connectivity index is 3.67. The molecule has 1 aromatic rings. The molecule has 0 saturated heterocycles. The highest BCUT2D eigenvalue weighted by atomic mass is 32.1. The lowest BCUT2D eigenvalue weighted by molar-refractivity contribution is 1.62. The molecule has 0 aliphatic rings. The van der Waals surface area contributed by atoms with E-state index < -0.39 is 0 Å². The molecule has 0 aliphatic carbocycles. The molecular formula is C14H16S. The van der Waals surface area contributed by atoms with Crippen LogP contribution in [0.1, 0.15) is 24.3 Å². The molecule has 1 aromatic heterocycles. The van der Waals surface area contributed by atoms with Gasteiger partial charge in [-0.1, -0.05) is 37.5 Å². The summed E-state index contributed by atoms with van der Waals surface area (Å²) < 4.78 is 1.25. The fourth-order valence-corrected chi connectivity index (χ4v) is 2.75. The Labute approximate surface area is 95.3 Å². The van der Waals surface area contributed by atoms with Crippen LogP contribution in [-0.4, -0.2) is 0 Å². The lowest BCUT2D eigenvalue weighted by atomic mass is 10.2. The maximum atomic E-state index is 3.87. The van der Waals surface area contributed by atoms with Crippen LogP contribution < -0.4 is 9.75 Å². The third kappa shape index (κ3) is 2.37. The molecule has 15 heavy (non-hydrogen) atoms. The van der Waals surface area contributed by atoms with Crippen molar-refractivity contribution in [2.45, 2.75) is 13.8 Å². The van der Waals surface area contributed by atoms with E-state index >= 15 is 0 Å². The van der Waals surface area contributed by atoms with Crippen molar-refractivity contribution in [2.24, 2.45) is 0 Å². The fraction of sp³-hybridized carbons (Fsp3) is 0.143. The van der Waals surface area contributed by atoms with E-state index in [1.807, 2.05) is 25.2 Å². The van der Waals surface area contributed by atoms with Crippen molar-refractivity contribution in [3.8, 4) is 0 Å². The summed E-state index contributed by atoms with van der Waals surface area (Å²) in [5, 5.41) is 1.25. The summed E-state index contributed by atoms with van der Waals surface area (Å²) in [6.07, 6.45) is 12.1. The van der Waals surface area contributed by atoms with Crippen molar-refractivity contribution in [1.29, 1.82) is 0 Å². The molecule has 1 heteroatoms. The molecular weight excluding hydrogens is 200 g/mol. The number of hydrogen-bond donors (Lipinski definition) is 0. The van der Waals surface area contributed by atoms with Gasteiger partial charge in [-0.25, -0.2) is 0 Å². The van der Waals surface area contributed by atoms with Crippen molar-refractivity contribution in [2.75, 3.05) is 0 Å². The van der Waals surface area contributed by atoms with Gasteiger partial charge >= 0.3 is 0 Å². The van der Waals surface area contributed by atoms with Gasteiger partial charge in [0.2, 0.25) is 0 Å². The van der Waals surface area contributed by atoms with Gasteiger partial charge in [0.25, 0.3) is 0 Å². The number of rotatable bonds is 3. The van der Waals surface area contributed by atoms with Crippen LogP contribution in [0.2, 0.25) is 0 Å². The van der Waals surface area contributed by atoms with Gasteiger partial charge in [-0.15, -0.1) is 11.3 Å². The monoisotopic (exact) mass is 216 g/mol. The molecule has 0 bridgehead atoms. The highest BCUT2D eigenvalue weighted by Gasteiger charge is 2.02. The summed E-state index contributed by atoms with van der Waals surface area (Å²) in [5.74, 6) is 0. The highest BCUT2D eigenvalue weighted by molar-refractivity contribution is 7.11. The summed E-state index contributed by atoms with van der Waals surface area (Å²) in [6, 6.07) is 0. The molecule has 0 aliphatic heterocycles. The SMILES string of the molecule is C=C/C=c1/sc(/C=C\C)c(C=C)/c1=C/C. The second kappa shape index (κ2) is 5.52. The third-order valence-corrected chi connectivity index (χ3v) is 3.27. The Morgan fingerprint density at radius 3 is 2.40 bits per heavy atom. The van der Waals surface area contributed by atoms with Crippen LogP contribution in [-0.2, 0) is 0 Å². The maximum Gasteiger partial charge on any atom is 0.0351 e. The second-order valence-corrected chi connectivity index (χ2v) is 4.14. The minimum atomic E-state index is 1.22. The molecule has 0 amide bonds. The van der Waals surface area contributed by atoms with Gasteiger partial charge in [0.1, 0.15) is 0 Å². The van der Waals surface area contributed by atoms with Crippen LogP contribution in [0.15, 0.2) is 25.3 Å². The largest absolute Gasteiger partial charge is 0.135 e. The van der Waals surface area contributed by atoms with Crippen LogP contribution in [0.3, 0.4) is 0 Å². The van der Waals surface area contributed by atoms with Crippen LogP contribution in [0.25, 0.3) is 24.3 Å². The topological polar surface area (TPSA) is 0 Å². The Bertz CT molecular complexity index is 498. The van der Waals surface area contributed by atoms with E-state index in [0.717, 1.165) is 0 Å². The molecule has 78 valence electrons.